The summed E-state index contributed by atoms with van der Waals surface area (Å²) in [6.07, 6.45) is 2.71. The first kappa shape index (κ1) is 13.3. The van der Waals surface area contributed by atoms with Gasteiger partial charge < -0.3 is 15.2 Å². The molecule has 1 aromatic heterocycles. The Morgan fingerprint density at radius 3 is 2.95 bits per heavy atom. The Kier molecular flexibility index (Phi) is 3.54. The van der Waals surface area contributed by atoms with E-state index in [0.29, 0.717) is 23.2 Å². The van der Waals surface area contributed by atoms with Crippen molar-refractivity contribution in [3.05, 3.63) is 29.4 Å². The van der Waals surface area contributed by atoms with Crippen LogP contribution < -0.4 is 10.5 Å². The van der Waals surface area contributed by atoms with E-state index in [4.69, 9.17) is 26.8 Å². The molecule has 0 amide bonds. The molecule has 1 saturated heterocycles. The molecule has 0 spiro atoms. The van der Waals surface area contributed by atoms with Crippen molar-refractivity contribution in [2.45, 2.75) is 12.5 Å². The van der Waals surface area contributed by atoms with E-state index in [-0.39, 0.29) is 6.10 Å². The van der Waals surface area contributed by atoms with Gasteiger partial charge in [0, 0.05) is 19.0 Å². The van der Waals surface area contributed by atoms with E-state index in [1.54, 1.807) is 17.9 Å². The number of benzene rings is 1. The summed E-state index contributed by atoms with van der Waals surface area (Å²) in [5, 5.41) is 4.70. The minimum Gasteiger partial charge on any atom is -0.486 e. The van der Waals surface area contributed by atoms with Crippen LogP contribution in [0.3, 0.4) is 0 Å². The van der Waals surface area contributed by atoms with E-state index < -0.39 is 0 Å². The zero-order valence-electron chi connectivity index (χ0n) is 11.2. The Labute approximate surface area is 122 Å². The van der Waals surface area contributed by atoms with Crippen molar-refractivity contribution in [2.75, 3.05) is 18.9 Å². The first-order valence-corrected chi connectivity index (χ1v) is 6.85. The number of aryl methyl sites for hydroxylation is 1. The molecule has 0 bridgehead atoms. The summed E-state index contributed by atoms with van der Waals surface area (Å²) in [6, 6.07) is 5.65. The number of halogens is 1. The molecule has 6 heteroatoms. The number of aromatic nitrogens is 2. The predicted octanol–water partition coefficient (Wildman–Crippen LogP) is 2.49. The minimum absolute atomic E-state index is 0.0850. The Balaban J connectivity index is 1.85. The van der Waals surface area contributed by atoms with E-state index in [1.165, 1.54) is 0 Å². The summed E-state index contributed by atoms with van der Waals surface area (Å²) in [6.45, 7) is 1.36. The van der Waals surface area contributed by atoms with Crippen LogP contribution in [-0.2, 0) is 11.8 Å². The molecule has 1 fully saturated rings. The van der Waals surface area contributed by atoms with Crippen molar-refractivity contribution in [3.8, 4) is 16.9 Å². The highest BCUT2D eigenvalue weighted by atomic mass is 35.5. The molecule has 5 nitrogen and oxygen atoms in total. The molecule has 3 rings (SSSR count). The second-order valence-corrected chi connectivity index (χ2v) is 5.22. The molecule has 1 unspecified atom stereocenters. The van der Waals surface area contributed by atoms with E-state index in [2.05, 4.69) is 5.10 Å². The Morgan fingerprint density at radius 2 is 2.35 bits per heavy atom. The van der Waals surface area contributed by atoms with Crippen LogP contribution in [0.5, 0.6) is 5.75 Å². The van der Waals surface area contributed by atoms with E-state index in [9.17, 15) is 0 Å². The monoisotopic (exact) mass is 293 g/mol. The van der Waals surface area contributed by atoms with Gasteiger partial charge in [0.05, 0.1) is 24.4 Å². The molecule has 2 aromatic rings. The average molecular weight is 294 g/mol. The third kappa shape index (κ3) is 2.46. The molecule has 2 heterocycles. The lowest BCUT2D eigenvalue weighted by Gasteiger charge is -2.13. The molecule has 1 atom stereocenters. The summed E-state index contributed by atoms with van der Waals surface area (Å²) < 4.78 is 12.7. The first-order chi connectivity index (χ1) is 9.65. The molecular formula is C14H16ClN3O2. The van der Waals surface area contributed by atoms with Gasteiger partial charge in [-0.1, -0.05) is 17.7 Å². The van der Waals surface area contributed by atoms with Gasteiger partial charge >= 0.3 is 0 Å². The quantitative estimate of drug-likeness (QED) is 0.944. The summed E-state index contributed by atoms with van der Waals surface area (Å²) in [5.41, 5.74) is 7.76. The summed E-state index contributed by atoms with van der Waals surface area (Å²) in [7, 11) is 1.80. The molecule has 106 valence electrons. The second-order valence-electron chi connectivity index (χ2n) is 4.82. The van der Waals surface area contributed by atoms with Gasteiger partial charge in [-0.25, -0.2) is 0 Å². The predicted molar refractivity (Wildman–Crippen MR) is 77.9 cm³/mol. The lowest BCUT2D eigenvalue weighted by Crippen LogP contribution is -2.15. The van der Waals surface area contributed by atoms with Crippen LogP contribution in [0.4, 0.5) is 5.82 Å². The van der Waals surface area contributed by atoms with Crippen molar-refractivity contribution in [1.82, 2.24) is 9.78 Å². The van der Waals surface area contributed by atoms with Crippen LogP contribution in [0.15, 0.2) is 24.4 Å². The van der Waals surface area contributed by atoms with Crippen LogP contribution >= 0.6 is 11.6 Å². The maximum atomic E-state index is 6.28. The van der Waals surface area contributed by atoms with Crippen LogP contribution in [0.25, 0.3) is 11.1 Å². The molecule has 0 saturated carbocycles. The maximum Gasteiger partial charge on any atom is 0.138 e. The number of hydrogen-bond donors (Lipinski definition) is 1. The van der Waals surface area contributed by atoms with Crippen molar-refractivity contribution >= 4 is 17.4 Å². The fourth-order valence-electron chi connectivity index (χ4n) is 2.22. The lowest BCUT2D eigenvalue weighted by atomic mass is 10.1. The highest BCUT2D eigenvalue weighted by molar-refractivity contribution is 6.32. The number of anilines is 1. The van der Waals surface area contributed by atoms with Gasteiger partial charge in [0.2, 0.25) is 0 Å². The number of nitrogen functional groups attached to an aromatic ring is 1. The van der Waals surface area contributed by atoms with Crippen molar-refractivity contribution in [3.63, 3.8) is 0 Å². The van der Waals surface area contributed by atoms with Crippen molar-refractivity contribution < 1.29 is 9.47 Å². The van der Waals surface area contributed by atoms with E-state index in [1.807, 2.05) is 18.2 Å². The fraction of sp³-hybridized carbons (Fsp3) is 0.357. The van der Waals surface area contributed by atoms with Crippen molar-refractivity contribution in [1.29, 1.82) is 0 Å². The number of nitrogens with zero attached hydrogens (tertiary/aromatic N) is 2. The van der Waals surface area contributed by atoms with E-state index >= 15 is 0 Å². The number of hydrogen-bond acceptors (Lipinski definition) is 4. The molecule has 1 aromatic carbocycles. The normalized spacial score (nSPS) is 18.4. The molecule has 2 N–H and O–H groups in total. The molecule has 0 radical (unpaired) electrons. The van der Waals surface area contributed by atoms with Gasteiger partial charge in [0.25, 0.3) is 0 Å². The number of nitrogens with two attached hydrogens (primary N) is 1. The Morgan fingerprint density at radius 1 is 1.50 bits per heavy atom. The first-order valence-electron chi connectivity index (χ1n) is 6.47. The van der Waals surface area contributed by atoms with Crippen molar-refractivity contribution in [2.24, 2.45) is 7.05 Å². The molecule has 1 aliphatic rings. The smallest absolute Gasteiger partial charge is 0.138 e. The van der Waals surface area contributed by atoms with Crippen LogP contribution in [0.1, 0.15) is 6.42 Å². The molecule has 1 aliphatic heterocycles. The summed E-state index contributed by atoms with van der Waals surface area (Å²) in [5.74, 6) is 1.28. The zero-order chi connectivity index (χ0) is 14.1. The van der Waals surface area contributed by atoms with Gasteiger partial charge in [0.1, 0.15) is 17.7 Å². The maximum absolute atomic E-state index is 6.28. The SMILES string of the molecule is Cn1ncc(-c2ccc(OC3CCOC3)c(Cl)c2)c1N. The van der Waals surface area contributed by atoms with Gasteiger partial charge in [-0.05, 0) is 17.7 Å². The number of ether oxygens (including phenoxy) is 2. The third-order valence-electron chi connectivity index (χ3n) is 3.41. The fourth-order valence-corrected chi connectivity index (χ4v) is 2.44. The van der Waals surface area contributed by atoms with Gasteiger partial charge in [0.15, 0.2) is 0 Å². The van der Waals surface area contributed by atoms with Gasteiger partial charge in [-0.15, -0.1) is 0 Å². The van der Waals surface area contributed by atoms with Gasteiger partial charge in [-0.2, -0.15) is 5.10 Å². The second kappa shape index (κ2) is 5.34. The average Bonchev–Trinajstić information content (AvgIpc) is 3.04. The van der Waals surface area contributed by atoms with Crippen LogP contribution in [-0.4, -0.2) is 29.1 Å². The minimum atomic E-state index is 0.0850. The molecule has 0 aliphatic carbocycles. The Bertz CT molecular complexity index is 621. The molecular weight excluding hydrogens is 278 g/mol. The van der Waals surface area contributed by atoms with Crippen LogP contribution in [0.2, 0.25) is 5.02 Å². The highest BCUT2D eigenvalue weighted by Gasteiger charge is 2.19. The molecule has 20 heavy (non-hydrogen) atoms. The highest BCUT2D eigenvalue weighted by Crippen LogP contribution is 2.33. The van der Waals surface area contributed by atoms with E-state index in [0.717, 1.165) is 24.2 Å². The Hall–Kier alpha value is -1.72. The lowest BCUT2D eigenvalue weighted by molar-refractivity contribution is 0.141. The summed E-state index contributed by atoms with van der Waals surface area (Å²) >= 11 is 6.28. The topological polar surface area (TPSA) is 62.3 Å². The standard InChI is InChI=1S/C14H16ClN3O2/c1-18-14(16)11(7-17-18)9-2-3-13(12(15)6-9)20-10-4-5-19-8-10/h2-3,6-7,10H,4-5,8,16H2,1H3. The largest absolute Gasteiger partial charge is 0.486 e. The van der Waals surface area contributed by atoms with Gasteiger partial charge in [-0.3, -0.25) is 4.68 Å². The van der Waals surface area contributed by atoms with Crippen LogP contribution in [0, 0.1) is 0 Å². The zero-order valence-corrected chi connectivity index (χ0v) is 11.9. The summed E-state index contributed by atoms with van der Waals surface area (Å²) in [4.78, 5) is 0. The number of rotatable bonds is 3. The third-order valence-corrected chi connectivity index (χ3v) is 3.70.